The number of aromatic carboxylic acids is 1. The molecule has 0 radical (unpaired) electrons. The third-order valence-corrected chi connectivity index (χ3v) is 5.13. The summed E-state index contributed by atoms with van der Waals surface area (Å²) < 4.78 is 5.49. The van der Waals surface area contributed by atoms with Gasteiger partial charge in [-0.25, -0.2) is 9.69 Å². The number of carbonyl (C=O) groups is 4. The number of anilines is 2. The van der Waals surface area contributed by atoms with Crippen molar-refractivity contribution in [1.29, 1.82) is 0 Å². The summed E-state index contributed by atoms with van der Waals surface area (Å²) in [5.41, 5.74) is 0.673. The Morgan fingerprint density at radius 3 is 2.66 bits per heavy atom. The number of nitrogens with one attached hydrogen (secondary N) is 1. The third-order valence-electron chi connectivity index (χ3n) is 4.09. The van der Waals surface area contributed by atoms with Gasteiger partial charge in [0.05, 0.1) is 17.9 Å². The maximum absolute atomic E-state index is 12.8. The average Bonchev–Trinajstić information content (AvgIpc) is 2.96. The topological polar surface area (TPSA) is 113 Å². The van der Waals surface area contributed by atoms with Crippen LogP contribution in [0.3, 0.4) is 0 Å². The zero-order chi connectivity index (χ0) is 21.0. The highest BCUT2D eigenvalue weighted by Crippen LogP contribution is 2.38. The summed E-state index contributed by atoms with van der Waals surface area (Å²) in [5.74, 6) is -1.70. The molecule has 0 aliphatic carbocycles. The number of carboxylic acid groups (broad SMARTS) is 1. The molecule has 0 spiro atoms. The highest BCUT2D eigenvalue weighted by atomic mass is 32.2. The largest absolute Gasteiger partial charge is 0.492 e. The molecule has 1 aliphatic rings. The summed E-state index contributed by atoms with van der Waals surface area (Å²) >= 11 is 0.777. The first kappa shape index (κ1) is 20.4. The van der Waals surface area contributed by atoms with Gasteiger partial charge in [-0.05, 0) is 49.0 Å². The Morgan fingerprint density at radius 1 is 1.17 bits per heavy atom. The number of ether oxygens (including phenoxy) is 1. The minimum Gasteiger partial charge on any atom is -0.492 e. The average molecular weight is 414 g/mol. The summed E-state index contributed by atoms with van der Waals surface area (Å²) in [6.07, 6.45) is -0.222. The van der Waals surface area contributed by atoms with Gasteiger partial charge in [0.2, 0.25) is 11.8 Å². The van der Waals surface area contributed by atoms with Gasteiger partial charge in [0.1, 0.15) is 11.0 Å². The number of para-hydroxylation sites is 2. The summed E-state index contributed by atoms with van der Waals surface area (Å²) in [7, 11) is 0. The summed E-state index contributed by atoms with van der Waals surface area (Å²) in [6, 6.07) is 12.5. The lowest BCUT2D eigenvalue weighted by Crippen LogP contribution is -2.33. The quantitative estimate of drug-likeness (QED) is 0.714. The Balaban J connectivity index is 1.71. The van der Waals surface area contributed by atoms with Crippen molar-refractivity contribution in [1.82, 2.24) is 0 Å². The molecule has 2 aromatic rings. The van der Waals surface area contributed by atoms with E-state index in [1.807, 2.05) is 0 Å². The van der Waals surface area contributed by atoms with Crippen molar-refractivity contribution >= 4 is 46.2 Å². The van der Waals surface area contributed by atoms with Crippen molar-refractivity contribution in [2.24, 2.45) is 0 Å². The van der Waals surface area contributed by atoms with Gasteiger partial charge in [-0.2, -0.15) is 0 Å². The Bertz CT molecular complexity index is 977. The van der Waals surface area contributed by atoms with E-state index in [-0.39, 0.29) is 12.0 Å². The lowest BCUT2D eigenvalue weighted by atomic mass is 10.2. The van der Waals surface area contributed by atoms with Gasteiger partial charge < -0.3 is 15.2 Å². The van der Waals surface area contributed by atoms with Crippen LogP contribution in [-0.2, 0) is 9.59 Å². The lowest BCUT2D eigenvalue weighted by molar-refractivity contribution is -0.121. The number of imide groups is 1. The van der Waals surface area contributed by atoms with Crippen molar-refractivity contribution in [3.05, 3.63) is 54.1 Å². The molecule has 0 bridgehead atoms. The molecule has 1 aliphatic heterocycles. The highest BCUT2D eigenvalue weighted by Gasteiger charge is 2.42. The predicted octanol–water partition coefficient (Wildman–Crippen LogP) is 3.38. The van der Waals surface area contributed by atoms with Gasteiger partial charge in [-0.1, -0.05) is 18.2 Å². The normalized spacial score (nSPS) is 16.0. The van der Waals surface area contributed by atoms with Gasteiger partial charge in [-0.3, -0.25) is 14.4 Å². The molecule has 0 saturated carbocycles. The van der Waals surface area contributed by atoms with Gasteiger partial charge in [-0.15, -0.1) is 0 Å². The number of benzene rings is 2. The molecule has 3 rings (SSSR count). The first-order chi connectivity index (χ1) is 13.9. The van der Waals surface area contributed by atoms with E-state index >= 15 is 0 Å². The van der Waals surface area contributed by atoms with E-state index in [1.54, 1.807) is 37.3 Å². The fraction of sp³-hybridized carbons (Fsp3) is 0.200. The van der Waals surface area contributed by atoms with E-state index in [9.17, 15) is 19.2 Å². The molecule has 1 fully saturated rings. The van der Waals surface area contributed by atoms with E-state index in [2.05, 4.69) is 5.32 Å². The zero-order valence-corrected chi connectivity index (χ0v) is 16.3. The molecule has 8 nitrogen and oxygen atoms in total. The second-order valence-electron chi connectivity index (χ2n) is 6.09. The number of thioether (sulfide) groups is 1. The summed E-state index contributed by atoms with van der Waals surface area (Å²) in [6.45, 7) is 2.17. The van der Waals surface area contributed by atoms with E-state index in [4.69, 9.17) is 9.84 Å². The van der Waals surface area contributed by atoms with Crippen LogP contribution in [0, 0.1) is 0 Å². The number of carboxylic acids is 1. The van der Waals surface area contributed by atoms with E-state index < -0.39 is 28.3 Å². The van der Waals surface area contributed by atoms with Crippen LogP contribution >= 0.6 is 11.8 Å². The smallest absolute Gasteiger partial charge is 0.335 e. The molecule has 1 heterocycles. The summed E-state index contributed by atoms with van der Waals surface area (Å²) in [5, 5.41) is 10.2. The van der Waals surface area contributed by atoms with Crippen molar-refractivity contribution in [2.45, 2.75) is 18.6 Å². The molecular weight excluding hydrogens is 396 g/mol. The number of rotatable bonds is 7. The first-order valence-corrected chi connectivity index (χ1v) is 9.68. The molecule has 1 unspecified atom stereocenters. The number of carbonyl (C=O) groups excluding carboxylic acids is 3. The van der Waals surface area contributed by atoms with Gasteiger partial charge in [0.15, 0.2) is 0 Å². The second kappa shape index (κ2) is 8.78. The minimum atomic E-state index is -1.11. The van der Waals surface area contributed by atoms with Crippen LogP contribution in [0.2, 0.25) is 0 Å². The van der Waals surface area contributed by atoms with Crippen molar-refractivity contribution in [3.63, 3.8) is 0 Å². The lowest BCUT2D eigenvalue weighted by Gasteiger charge is -2.17. The van der Waals surface area contributed by atoms with E-state index in [1.165, 1.54) is 18.2 Å². The molecule has 2 aromatic carbocycles. The maximum atomic E-state index is 12.8. The molecule has 0 aromatic heterocycles. The number of amides is 3. The number of hydrogen-bond acceptors (Lipinski definition) is 6. The molecule has 3 amide bonds. The van der Waals surface area contributed by atoms with Gasteiger partial charge in [0.25, 0.3) is 5.24 Å². The van der Waals surface area contributed by atoms with E-state index in [0.29, 0.717) is 23.7 Å². The van der Waals surface area contributed by atoms with Crippen LogP contribution in [0.4, 0.5) is 16.2 Å². The Hall–Kier alpha value is -3.33. The van der Waals surface area contributed by atoms with Gasteiger partial charge >= 0.3 is 5.97 Å². The Kier molecular flexibility index (Phi) is 6.18. The second-order valence-corrected chi connectivity index (χ2v) is 7.24. The molecule has 29 heavy (non-hydrogen) atoms. The van der Waals surface area contributed by atoms with E-state index in [0.717, 1.165) is 16.7 Å². The predicted molar refractivity (Wildman–Crippen MR) is 109 cm³/mol. The Labute approximate surface area is 170 Å². The van der Waals surface area contributed by atoms with Gasteiger partial charge in [0, 0.05) is 12.1 Å². The van der Waals surface area contributed by atoms with Crippen LogP contribution < -0.4 is 15.0 Å². The number of hydrogen-bond donors (Lipinski definition) is 2. The molecule has 1 atom stereocenters. The maximum Gasteiger partial charge on any atom is 0.335 e. The van der Waals surface area contributed by atoms with Crippen molar-refractivity contribution < 1.29 is 29.0 Å². The molecular formula is C20H18N2O6S. The fourth-order valence-electron chi connectivity index (χ4n) is 2.83. The SMILES string of the molecule is CCOc1ccccc1N1C(=O)SC(CC(=O)Nc2cccc(C(=O)O)c2)C1=O. The first-order valence-electron chi connectivity index (χ1n) is 8.80. The molecule has 1 saturated heterocycles. The van der Waals surface area contributed by atoms with Crippen molar-refractivity contribution in [2.75, 3.05) is 16.8 Å². The zero-order valence-electron chi connectivity index (χ0n) is 15.5. The Morgan fingerprint density at radius 2 is 1.93 bits per heavy atom. The number of nitrogens with zero attached hydrogens (tertiary/aromatic N) is 1. The van der Waals surface area contributed by atoms with Crippen LogP contribution in [-0.4, -0.2) is 40.0 Å². The van der Waals surface area contributed by atoms with Crippen LogP contribution in [0.25, 0.3) is 0 Å². The fourth-order valence-corrected chi connectivity index (χ4v) is 3.81. The molecule has 150 valence electrons. The van der Waals surface area contributed by atoms with Crippen LogP contribution in [0.5, 0.6) is 5.75 Å². The van der Waals surface area contributed by atoms with Crippen molar-refractivity contribution in [3.8, 4) is 5.75 Å². The summed E-state index contributed by atoms with van der Waals surface area (Å²) in [4.78, 5) is 49.6. The molecule has 9 heteroatoms. The standard InChI is InChI=1S/C20H18N2O6S/c1-2-28-15-9-4-3-8-14(15)22-18(24)16(29-20(22)27)11-17(23)21-13-7-5-6-12(10-13)19(25)26/h3-10,16H,2,11H2,1H3,(H,21,23)(H,25,26). The monoisotopic (exact) mass is 414 g/mol. The highest BCUT2D eigenvalue weighted by molar-refractivity contribution is 8.15. The third kappa shape index (κ3) is 4.57. The van der Waals surface area contributed by atoms with Crippen LogP contribution in [0.1, 0.15) is 23.7 Å². The molecule has 2 N–H and O–H groups in total. The minimum absolute atomic E-state index is 0.0306. The van der Waals surface area contributed by atoms with Crippen LogP contribution in [0.15, 0.2) is 48.5 Å².